The Balaban J connectivity index is 2.76. The summed E-state index contributed by atoms with van der Waals surface area (Å²) < 4.78 is 35.3. The maximum Gasteiger partial charge on any atom is 0.331 e. The zero-order chi connectivity index (χ0) is 17.3. The van der Waals surface area contributed by atoms with Crippen molar-refractivity contribution in [1.82, 2.24) is 4.72 Å². The molecule has 0 heterocycles. The molecule has 0 aliphatic heterocycles. The summed E-state index contributed by atoms with van der Waals surface area (Å²) >= 11 is 0. The fourth-order valence-corrected chi connectivity index (χ4v) is 2.41. The second-order valence-corrected chi connectivity index (χ2v) is 6.51. The molecule has 0 aromatic heterocycles. The maximum absolute atomic E-state index is 11.8. The van der Waals surface area contributed by atoms with E-state index in [0.29, 0.717) is 5.56 Å². The highest BCUT2D eigenvalue weighted by Gasteiger charge is 2.19. The van der Waals surface area contributed by atoms with E-state index < -0.39 is 28.0 Å². The SMILES string of the molecule is CCS(=O)(=O)NC(COC(=O)C=CC(=O)OC)c1ccccc1. The molecule has 0 saturated carbocycles. The Labute approximate surface area is 135 Å². The molecular weight excluding hydrogens is 322 g/mol. The van der Waals surface area contributed by atoms with E-state index in [1.165, 1.54) is 14.0 Å². The van der Waals surface area contributed by atoms with Gasteiger partial charge in [-0.15, -0.1) is 0 Å². The average Bonchev–Trinajstić information content (AvgIpc) is 2.57. The molecule has 1 N–H and O–H groups in total. The minimum atomic E-state index is -3.48. The van der Waals surface area contributed by atoms with Gasteiger partial charge >= 0.3 is 11.9 Å². The largest absolute Gasteiger partial charge is 0.466 e. The van der Waals surface area contributed by atoms with Crippen molar-refractivity contribution in [3.63, 3.8) is 0 Å². The first-order chi connectivity index (χ1) is 10.9. The van der Waals surface area contributed by atoms with Crippen molar-refractivity contribution in [1.29, 1.82) is 0 Å². The minimum absolute atomic E-state index is 0.0908. The first-order valence-corrected chi connectivity index (χ1v) is 8.51. The van der Waals surface area contributed by atoms with Gasteiger partial charge in [0.2, 0.25) is 10.0 Å². The summed E-state index contributed by atoms with van der Waals surface area (Å²) in [6.07, 6.45) is 1.85. The van der Waals surface area contributed by atoms with Crippen LogP contribution in [0.15, 0.2) is 42.5 Å². The molecule has 7 nitrogen and oxygen atoms in total. The minimum Gasteiger partial charge on any atom is -0.466 e. The predicted octanol–water partition coefficient (Wildman–Crippen LogP) is 0.939. The second kappa shape index (κ2) is 9.06. The van der Waals surface area contributed by atoms with E-state index in [0.717, 1.165) is 12.2 Å². The summed E-state index contributed by atoms with van der Waals surface area (Å²) in [5.41, 5.74) is 0.661. The summed E-state index contributed by atoms with van der Waals surface area (Å²) in [6, 6.07) is 8.03. The Morgan fingerprint density at radius 1 is 1.17 bits per heavy atom. The molecule has 1 rings (SSSR count). The van der Waals surface area contributed by atoms with Crippen molar-refractivity contribution in [3.8, 4) is 0 Å². The third-order valence-electron chi connectivity index (χ3n) is 2.85. The number of hydrogen-bond acceptors (Lipinski definition) is 6. The van der Waals surface area contributed by atoms with Crippen molar-refractivity contribution >= 4 is 22.0 Å². The summed E-state index contributed by atoms with van der Waals surface area (Å²) in [5.74, 6) is -1.55. The highest BCUT2D eigenvalue weighted by Crippen LogP contribution is 2.14. The number of esters is 2. The van der Waals surface area contributed by atoms with Gasteiger partial charge in [0.1, 0.15) is 6.61 Å². The lowest BCUT2D eigenvalue weighted by molar-refractivity contribution is -0.139. The van der Waals surface area contributed by atoms with Gasteiger partial charge in [0.25, 0.3) is 0 Å². The van der Waals surface area contributed by atoms with Crippen LogP contribution in [0.5, 0.6) is 0 Å². The Bertz CT molecular complexity index is 654. The quantitative estimate of drug-likeness (QED) is 0.558. The molecule has 1 unspecified atom stereocenters. The summed E-state index contributed by atoms with van der Waals surface area (Å²) in [4.78, 5) is 22.4. The van der Waals surface area contributed by atoms with Crippen LogP contribution in [0, 0.1) is 0 Å². The van der Waals surface area contributed by atoms with Crippen LogP contribution in [-0.2, 0) is 29.1 Å². The summed E-state index contributed by atoms with van der Waals surface area (Å²) in [5, 5.41) is 0. The first-order valence-electron chi connectivity index (χ1n) is 6.85. The molecular formula is C15H19NO6S. The zero-order valence-corrected chi connectivity index (χ0v) is 13.7. The standard InChI is InChI=1S/C15H19NO6S/c1-3-23(19,20)16-13(12-7-5-4-6-8-12)11-22-15(18)10-9-14(17)21-2/h4-10,13,16H,3,11H2,1-2H3. The van der Waals surface area contributed by atoms with Gasteiger partial charge in [-0.3, -0.25) is 0 Å². The number of rotatable bonds is 8. The Morgan fingerprint density at radius 3 is 2.35 bits per heavy atom. The molecule has 126 valence electrons. The van der Waals surface area contributed by atoms with Gasteiger partial charge < -0.3 is 9.47 Å². The molecule has 1 aromatic rings. The molecule has 23 heavy (non-hydrogen) atoms. The van der Waals surface area contributed by atoms with E-state index in [9.17, 15) is 18.0 Å². The van der Waals surface area contributed by atoms with E-state index in [-0.39, 0.29) is 12.4 Å². The molecule has 0 radical (unpaired) electrons. The molecule has 0 aliphatic rings. The van der Waals surface area contributed by atoms with Gasteiger partial charge in [0.15, 0.2) is 0 Å². The van der Waals surface area contributed by atoms with Crippen LogP contribution in [0.1, 0.15) is 18.5 Å². The second-order valence-electron chi connectivity index (χ2n) is 4.47. The number of carbonyl (C=O) groups excluding carboxylic acids is 2. The lowest BCUT2D eigenvalue weighted by Crippen LogP contribution is -2.33. The van der Waals surface area contributed by atoms with Gasteiger partial charge in [-0.1, -0.05) is 30.3 Å². The molecule has 1 aromatic carbocycles. The summed E-state index contributed by atoms with van der Waals surface area (Å²) in [6.45, 7) is 1.31. The van der Waals surface area contributed by atoms with E-state index in [2.05, 4.69) is 9.46 Å². The predicted molar refractivity (Wildman–Crippen MR) is 83.9 cm³/mol. The third-order valence-corrected chi connectivity index (χ3v) is 4.26. The molecule has 0 saturated heterocycles. The number of ether oxygens (including phenoxy) is 2. The van der Waals surface area contributed by atoms with Crippen LogP contribution in [0.3, 0.4) is 0 Å². The van der Waals surface area contributed by atoms with Gasteiger partial charge in [-0.25, -0.2) is 22.7 Å². The number of hydrogen-bond donors (Lipinski definition) is 1. The van der Waals surface area contributed by atoms with Crippen LogP contribution >= 0.6 is 0 Å². The average molecular weight is 341 g/mol. The van der Waals surface area contributed by atoms with Crippen LogP contribution in [0.25, 0.3) is 0 Å². The molecule has 0 spiro atoms. The van der Waals surface area contributed by atoms with E-state index in [1.807, 2.05) is 0 Å². The maximum atomic E-state index is 11.8. The normalized spacial score (nSPS) is 12.8. The fourth-order valence-electron chi connectivity index (χ4n) is 1.60. The van der Waals surface area contributed by atoms with Crippen molar-refractivity contribution in [2.24, 2.45) is 0 Å². The highest BCUT2D eigenvalue weighted by atomic mass is 32.2. The van der Waals surface area contributed by atoms with Gasteiger partial charge in [-0.05, 0) is 12.5 Å². The number of carbonyl (C=O) groups is 2. The van der Waals surface area contributed by atoms with Gasteiger partial charge in [-0.2, -0.15) is 0 Å². The topological polar surface area (TPSA) is 98.8 Å². The Kier molecular flexibility index (Phi) is 7.43. The molecule has 1 atom stereocenters. The molecule has 0 bridgehead atoms. The van der Waals surface area contributed by atoms with Crippen LogP contribution in [0.2, 0.25) is 0 Å². The first kappa shape index (κ1) is 18.9. The number of methoxy groups -OCH3 is 1. The fraction of sp³-hybridized carbons (Fsp3) is 0.333. The number of nitrogens with one attached hydrogen (secondary N) is 1. The third kappa shape index (κ3) is 7.07. The molecule has 0 amide bonds. The molecule has 0 fully saturated rings. The molecule has 0 aliphatic carbocycles. The lowest BCUT2D eigenvalue weighted by Gasteiger charge is -2.18. The Hall–Kier alpha value is -2.19. The highest BCUT2D eigenvalue weighted by molar-refractivity contribution is 7.89. The van der Waals surface area contributed by atoms with Crippen molar-refractivity contribution in [2.45, 2.75) is 13.0 Å². The van der Waals surface area contributed by atoms with E-state index >= 15 is 0 Å². The zero-order valence-electron chi connectivity index (χ0n) is 12.9. The van der Waals surface area contributed by atoms with Crippen LogP contribution < -0.4 is 4.72 Å². The van der Waals surface area contributed by atoms with Crippen LogP contribution in [-0.4, -0.2) is 39.8 Å². The van der Waals surface area contributed by atoms with Gasteiger partial charge in [0, 0.05) is 12.2 Å². The van der Waals surface area contributed by atoms with Crippen molar-refractivity contribution in [3.05, 3.63) is 48.0 Å². The van der Waals surface area contributed by atoms with Gasteiger partial charge in [0.05, 0.1) is 18.9 Å². The number of benzene rings is 1. The summed E-state index contributed by atoms with van der Waals surface area (Å²) in [7, 11) is -2.29. The van der Waals surface area contributed by atoms with E-state index in [1.54, 1.807) is 30.3 Å². The van der Waals surface area contributed by atoms with E-state index in [4.69, 9.17) is 4.74 Å². The van der Waals surface area contributed by atoms with Crippen molar-refractivity contribution < 1.29 is 27.5 Å². The lowest BCUT2D eigenvalue weighted by atomic mass is 10.1. The Morgan fingerprint density at radius 2 is 1.78 bits per heavy atom. The smallest absolute Gasteiger partial charge is 0.331 e. The monoisotopic (exact) mass is 341 g/mol. The molecule has 8 heteroatoms. The van der Waals surface area contributed by atoms with Crippen LogP contribution in [0.4, 0.5) is 0 Å². The number of sulfonamides is 1. The van der Waals surface area contributed by atoms with Crippen molar-refractivity contribution in [2.75, 3.05) is 19.5 Å².